The van der Waals surface area contributed by atoms with Gasteiger partial charge in [0.2, 0.25) is 10.0 Å². The Kier molecular flexibility index (Phi) is 4.28. The van der Waals surface area contributed by atoms with E-state index in [0.717, 1.165) is 30.4 Å². The summed E-state index contributed by atoms with van der Waals surface area (Å²) in [5.41, 5.74) is 7.59. The Labute approximate surface area is 115 Å². The summed E-state index contributed by atoms with van der Waals surface area (Å²) in [5, 5.41) is 0. The lowest BCUT2D eigenvalue weighted by Crippen LogP contribution is -2.33. The lowest BCUT2D eigenvalue weighted by atomic mass is 10.1. The maximum absolute atomic E-state index is 12.7. The Balaban J connectivity index is 2.37. The molecule has 0 heterocycles. The lowest BCUT2D eigenvalue weighted by Gasteiger charge is -2.21. The zero-order valence-corrected chi connectivity index (χ0v) is 12.4. The highest BCUT2D eigenvalue weighted by molar-refractivity contribution is 7.89. The van der Waals surface area contributed by atoms with Gasteiger partial charge in [0.1, 0.15) is 0 Å². The summed E-state index contributed by atoms with van der Waals surface area (Å²) < 4.78 is 27.0. The van der Waals surface area contributed by atoms with Gasteiger partial charge in [-0.3, -0.25) is 0 Å². The van der Waals surface area contributed by atoms with E-state index < -0.39 is 10.0 Å². The molecule has 1 aromatic rings. The largest absolute Gasteiger partial charge is 0.326 e. The maximum Gasteiger partial charge on any atom is 0.243 e. The van der Waals surface area contributed by atoms with Crippen molar-refractivity contribution in [3.63, 3.8) is 0 Å². The fourth-order valence-corrected chi connectivity index (χ4v) is 4.07. The van der Waals surface area contributed by atoms with Gasteiger partial charge < -0.3 is 5.73 Å². The van der Waals surface area contributed by atoms with Crippen molar-refractivity contribution < 1.29 is 8.42 Å². The van der Waals surface area contributed by atoms with Crippen LogP contribution in [-0.2, 0) is 16.6 Å². The van der Waals surface area contributed by atoms with E-state index in [1.54, 1.807) is 16.4 Å². The quantitative estimate of drug-likeness (QED) is 0.868. The first-order valence-electron chi connectivity index (χ1n) is 6.82. The third-order valence-corrected chi connectivity index (χ3v) is 5.49. The van der Waals surface area contributed by atoms with Crippen LogP contribution in [0.15, 0.2) is 23.1 Å². The average Bonchev–Trinajstić information content (AvgIpc) is 3.20. The molecule has 0 atom stereocenters. The molecule has 0 unspecified atom stereocenters. The number of nitrogens with zero attached hydrogens (tertiary/aromatic N) is 1. The molecule has 0 bridgehead atoms. The van der Waals surface area contributed by atoms with Gasteiger partial charge in [-0.15, -0.1) is 0 Å². The van der Waals surface area contributed by atoms with Crippen molar-refractivity contribution in [3.8, 4) is 0 Å². The summed E-state index contributed by atoms with van der Waals surface area (Å²) in [7, 11) is -3.37. The van der Waals surface area contributed by atoms with Crippen molar-refractivity contribution in [1.82, 2.24) is 4.31 Å². The Morgan fingerprint density at radius 1 is 1.37 bits per heavy atom. The fraction of sp³-hybridized carbons (Fsp3) is 0.571. The van der Waals surface area contributed by atoms with Gasteiger partial charge in [-0.2, -0.15) is 4.31 Å². The van der Waals surface area contributed by atoms with Crippen molar-refractivity contribution in [1.29, 1.82) is 0 Å². The Bertz CT molecular complexity index is 551. The molecule has 4 nitrogen and oxygen atoms in total. The van der Waals surface area contributed by atoms with Crippen LogP contribution in [0.25, 0.3) is 0 Å². The van der Waals surface area contributed by atoms with Crippen molar-refractivity contribution in [2.45, 2.75) is 50.6 Å². The summed E-state index contributed by atoms with van der Waals surface area (Å²) in [5.74, 6) is 0. The molecule has 5 heteroatoms. The minimum absolute atomic E-state index is 0.201. The predicted molar refractivity (Wildman–Crippen MR) is 76.3 cm³/mol. The zero-order valence-electron chi connectivity index (χ0n) is 11.6. The smallest absolute Gasteiger partial charge is 0.243 e. The van der Waals surface area contributed by atoms with Crippen molar-refractivity contribution >= 4 is 10.0 Å². The van der Waals surface area contributed by atoms with Crippen LogP contribution in [0.4, 0.5) is 0 Å². The van der Waals surface area contributed by atoms with Gasteiger partial charge in [-0.25, -0.2) is 8.42 Å². The molecule has 0 aromatic heterocycles. The third-order valence-electron chi connectivity index (χ3n) is 3.55. The normalized spacial score (nSPS) is 16.0. The van der Waals surface area contributed by atoms with Gasteiger partial charge in [-0.05, 0) is 49.4 Å². The van der Waals surface area contributed by atoms with Gasteiger partial charge in [0.15, 0.2) is 0 Å². The molecule has 0 amide bonds. The highest BCUT2D eigenvalue weighted by atomic mass is 32.2. The van der Waals surface area contributed by atoms with Crippen LogP contribution in [0, 0.1) is 6.92 Å². The van der Waals surface area contributed by atoms with Crippen LogP contribution < -0.4 is 5.73 Å². The summed E-state index contributed by atoms with van der Waals surface area (Å²) in [4.78, 5) is 0.374. The maximum atomic E-state index is 12.7. The standard InChI is InChI=1S/C14H22N2O2S/c1-3-8-16(13-5-6-13)19(17,18)14-7-4-11(2)12(9-14)10-15/h4,7,9,13H,3,5-6,8,10,15H2,1-2H3. The van der Waals surface area contributed by atoms with Gasteiger partial charge >= 0.3 is 0 Å². The van der Waals surface area contributed by atoms with Gasteiger partial charge in [0.25, 0.3) is 0 Å². The Hall–Kier alpha value is -0.910. The number of benzene rings is 1. The molecular formula is C14H22N2O2S. The molecule has 1 saturated carbocycles. The Morgan fingerprint density at radius 2 is 2.05 bits per heavy atom. The second kappa shape index (κ2) is 5.61. The van der Waals surface area contributed by atoms with E-state index >= 15 is 0 Å². The fourth-order valence-electron chi connectivity index (χ4n) is 2.25. The highest BCUT2D eigenvalue weighted by Crippen LogP contribution is 2.32. The van der Waals surface area contributed by atoms with Crippen molar-refractivity contribution in [2.75, 3.05) is 6.54 Å². The van der Waals surface area contributed by atoms with Crippen LogP contribution in [0.5, 0.6) is 0 Å². The predicted octanol–water partition coefficient (Wildman–Crippen LogP) is 2.02. The number of aryl methyl sites for hydroxylation is 1. The lowest BCUT2D eigenvalue weighted by molar-refractivity contribution is 0.403. The van der Waals surface area contributed by atoms with Gasteiger partial charge in [-0.1, -0.05) is 13.0 Å². The van der Waals surface area contributed by atoms with E-state index in [1.165, 1.54) is 0 Å². The topological polar surface area (TPSA) is 63.4 Å². The zero-order chi connectivity index (χ0) is 14.0. The average molecular weight is 282 g/mol. The molecule has 0 saturated heterocycles. The molecule has 1 aliphatic rings. The minimum Gasteiger partial charge on any atom is -0.326 e. The Morgan fingerprint density at radius 3 is 2.58 bits per heavy atom. The second-order valence-electron chi connectivity index (χ2n) is 5.14. The molecule has 106 valence electrons. The highest BCUT2D eigenvalue weighted by Gasteiger charge is 2.37. The van der Waals surface area contributed by atoms with Crippen LogP contribution in [0.3, 0.4) is 0 Å². The third kappa shape index (κ3) is 2.99. The number of rotatable bonds is 6. The number of hydrogen-bond acceptors (Lipinski definition) is 3. The summed E-state index contributed by atoms with van der Waals surface area (Å²) in [6.45, 7) is 4.92. The molecule has 19 heavy (non-hydrogen) atoms. The van der Waals surface area contributed by atoms with Crippen LogP contribution in [-0.4, -0.2) is 25.3 Å². The number of hydrogen-bond donors (Lipinski definition) is 1. The first-order chi connectivity index (χ1) is 9.00. The molecule has 0 radical (unpaired) electrons. The van der Waals surface area contributed by atoms with Gasteiger partial charge in [0, 0.05) is 19.1 Å². The van der Waals surface area contributed by atoms with E-state index in [1.807, 2.05) is 19.9 Å². The van der Waals surface area contributed by atoms with Crippen molar-refractivity contribution in [3.05, 3.63) is 29.3 Å². The van der Waals surface area contributed by atoms with E-state index in [9.17, 15) is 8.42 Å². The van der Waals surface area contributed by atoms with E-state index in [0.29, 0.717) is 18.0 Å². The molecule has 0 aliphatic heterocycles. The number of nitrogens with two attached hydrogens (primary N) is 1. The summed E-state index contributed by atoms with van der Waals surface area (Å²) in [6.07, 6.45) is 2.80. The van der Waals surface area contributed by atoms with Gasteiger partial charge in [0.05, 0.1) is 4.90 Å². The SMILES string of the molecule is CCCN(C1CC1)S(=O)(=O)c1ccc(C)c(CN)c1. The summed E-state index contributed by atoms with van der Waals surface area (Å²) in [6, 6.07) is 5.45. The second-order valence-corrected chi connectivity index (χ2v) is 7.03. The summed E-state index contributed by atoms with van der Waals surface area (Å²) >= 11 is 0. The first-order valence-corrected chi connectivity index (χ1v) is 8.26. The monoisotopic (exact) mass is 282 g/mol. The van der Waals surface area contributed by atoms with E-state index in [-0.39, 0.29) is 6.04 Å². The molecule has 1 fully saturated rings. The van der Waals surface area contributed by atoms with E-state index in [2.05, 4.69) is 0 Å². The first kappa shape index (κ1) is 14.5. The number of sulfonamides is 1. The van der Waals surface area contributed by atoms with Crippen LogP contribution in [0.1, 0.15) is 37.3 Å². The molecule has 2 N–H and O–H groups in total. The molecule has 1 aliphatic carbocycles. The van der Waals surface area contributed by atoms with Crippen LogP contribution >= 0.6 is 0 Å². The molecular weight excluding hydrogens is 260 g/mol. The molecule has 1 aromatic carbocycles. The minimum atomic E-state index is -3.37. The van der Waals surface area contributed by atoms with Crippen molar-refractivity contribution in [2.24, 2.45) is 5.73 Å². The molecule has 0 spiro atoms. The molecule has 2 rings (SSSR count). The van der Waals surface area contributed by atoms with Crippen LogP contribution in [0.2, 0.25) is 0 Å². The van der Waals surface area contributed by atoms with E-state index in [4.69, 9.17) is 5.73 Å².